The normalized spacial score (nSPS) is 15.6. The molecule has 4 aromatic rings. The van der Waals surface area contributed by atoms with E-state index in [9.17, 15) is 20.1 Å². The highest BCUT2D eigenvalue weighted by Gasteiger charge is 2.37. The fraction of sp³-hybridized carbons (Fsp3) is 0.0833. The van der Waals surface area contributed by atoms with Gasteiger partial charge in [0, 0.05) is 29.0 Å². The Bertz CT molecular complexity index is 1350. The van der Waals surface area contributed by atoms with E-state index >= 15 is 0 Å². The van der Waals surface area contributed by atoms with E-state index in [0.717, 1.165) is 17.6 Å². The molecule has 1 aliphatic rings. The van der Waals surface area contributed by atoms with E-state index in [0.29, 0.717) is 28.3 Å². The van der Waals surface area contributed by atoms with Crippen LogP contribution in [0.15, 0.2) is 78.0 Å². The lowest BCUT2D eigenvalue weighted by molar-refractivity contribution is 0.102. The molecule has 0 saturated heterocycles. The van der Waals surface area contributed by atoms with Crippen LogP contribution in [0.25, 0.3) is 11.0 Å². The molecular formula is C24H19N3O4. The average molecular weight is 413 g/mol. The molecule has 2 heterocycles. The molecule has 5 rings (SSSR count). The minimum atomic E-state index is -0.864. The number of carbonyl (C=O) groups excluding carboxylic acids is 1. The van der Waals surface area contributed by atoms with E-state index in [1.165, 1.54) is 0 Å². The number of imidazole rings is 1. The van der Waals surface area contributed by atoms with Crippen molar-refractivity contribution in [2.24, 2.45) is 0 Å². The van der Waals surface area contributed by atoms with Gasteiger partial charge in [-0.2, -0.15) is 0 Å². The zero-order valence-electron chi connectivity index (χ0n) is 16.6. The number of anilines is 1. The summed E-state index contributed by atoms with van der Waals surface area (Å²) in [5.41, 5.74) is 2.95. The van der Waals surface area contributed by atoms with Gasteiger partial charge >= 0.3 is 0 Å². The predicted molar refractivity (Wildman–Crippen MR) is 116 cm³/mol. The van der Waals surface area contributed by atoms with Crippen molar-refractivity contribution in [2.45, 2.75) is 13.0 Å². The SMILES string of the molecule is CC1=C(C(=O)c2ccccc2)C(c2c(O)cc(O)cc2O)n2c(nc3ccccc32)N1. The van der Waals surface area contributed by atoms with Crippen molar-refractivity contribution in [2.75, 3.05) is 5.32 Å². The largest absolute Gasteiger partial charge is 0.508 e. The Kier molecular flexibility index (Phi) is 4.18. The third kappa shape index (κ3) is 2.90. The number of rotatable bonds is 3. The van der Waals surface area contributed by atoms with Crippen molar-refractivity contribution in [1.29, 1.82) is 0 Å². The maximum Gasteiger partial charge on any atom is 0.209 e. The van der Waals surface area contributed by atoms with Crippen LogP contribution < -0.4 is 5.32 Å². The molecule has 154 valence electrons. The first-order valence-corrected chi connectivity index (χ1v) is 9.75. The van der Waals surface area contributed by atoms with E-state index in [-0.39, 0.29) is 28.6 Å². The number of allylic oxidation sites excluding steroid dienone is 2. The first-order valence-electron chi connectivity index (χ1n) is 9.75. The number of carbonyl (C=O) groups is 1. The van der Waals surface area contributed by atoms with Crippen LogP contribution in [0, 0.1) is 0 Å². The summed E-state index contributed by atoms with van der Waals surface area (Å²) < 4.78 is 1.78. The number of hydrogen-bond donors (Lipinski definition) is 4. The minimum Gasteiger partial charge on any atom is -0.508 e. The Hall–Kier alpha value is -4.26. The monoisotopic (exact) mass is 413 g/mol. The maximum absolute atomic E-state index is 13.6. The maximum atomic E-state index is 13.6. The highest BCUT2D eigenvalue weighted by atomic mass is 16.3. The fourth-order valence-electron chi connectivity index (χ4n) is 4.16. The highest BCUT2D eigenvalue weighted by Crippen LogP contribution is 2.47. The molecule has 0 fully saturated rings. The molecule has 0 amide bonds. The number of benzene rings is 3. The van der Waals surface area contributed by atoms with Crippen molar-refractivity contribution in [3.8, 4) is 17.2 Å². The molecule has 31 heavy (non-hydrogen) atoms. The van der Waals surface area contributed by atoms with Crippen LogP contribution >= 0.6 is 0 Å². The molecule has 0 radical (unpaired) electrons. The molecule has 0 bridgehead atoms. The fourth-order valence-corrected chi connectivity index (χ4v) is 4.16. The van der Waals surface area contributed by atoms with E-state index in [2.05, 4.69) is 10.3 Å². The summed E-state index contributed by atoms with van der Waals surface area (Å²) in [4.78, 5) is 18.2. The zero-order valence-corrected chi connectivity index (χ0v) is 16.6. The highest BCUT2D eigenvalue weighted by molar-refractivity contribution is 6.11. The molecule has 7 nitrogen and oxygen atoms in total. The third-order valence-electron chi connectivity index (χ3n) is 5.51. The van der Waals surface area contributed by atoms with Gasteiger partial charge in [-0.15, -0.1) is 0 Å². The van der Waals surface area contributed by atoms with Crippen LogP contribution in [0.2, 0.25) is 0 Å². The second kappa shape index (κ2) is 6.91. The molecule has 7 heteroatoms. The summed E-state index contributed by atoms with van der Waals surface area (Å²) in [6.45, 7) is 1.76. The summed E-state index contributed by atoms with van der Waals surface area (Å²) in [5.74, 6) is -0.676. The lowest BCUT2D eigenvalue weighted by Crippen LogP contribution is -2.28. The molecule has 4 N–H and O–H groups in total. The quantitative estimate of drug-likeness (QED) is 0.373. The molecule has 1 aromatic heterocycles. The Morgan fingerprint density at radius 2 is 1.61 bits per heavy atom. The van der Waals surface area contributed by atoms with Gasteiger partial charge in [0.1, 0.15) is 23.3 Å². The van der Waals surface area contributed by atoms with Gasteiger partial charge in [-0.3, -0.25) is 9.36 Å². The van der Waals surface area contributed by atoms with Crippen LogP contribution in [0.4, 0.5) is 5.95 Å². The van der Waals surface area contributed by atoms with Crippen LogP contribution in [0.5, 0.6) is 17.2 Å². The molecule has 3 aromatic carbocycles. The van der Waals surface area contributed by atoms with E-state index in [1.807, 2.05) is 30.3 Å². The number of aromatic hydroxyl groups is 3. The van der Waals surface area contributed by atoms with Gasteiger partial charge in [0.2, 0.25) is 5.95 Å². The standard InChI is InChI=1S/C24H19N3O4/c1-13-20(23(31)14-7-3-2-4-8-14)22(21-18(29)11-15(28)12-19(21)30)27-17-10-6-5-9-16(17)26-24(27)25-13/h2-12,22,28-30H,1H3,(H,25,26). The molecule has 1 unspecified atom stereocenters. The number of Topliss-reactive ketones (excluding diaryl/α,β-unsaturated/α-hetero) is 1. The van der Waals surface area contributed by atoms with Gasteiger partial charge in [-0.25, -0.2) is 4.98 Å². The number of phenols is 3. The van der Waals surface area contributed by atoms with Crippen LogP contribution in [-0.4, -0.2) is 30.7 Å². The zero-order chi connectivity index (χ0) is 21.7. The number of para-hydroxylation sites is 2. The van der Waals surface area contributed by atoms with Crippen molar-refractivity contribution < 1.29 is 20.1 Å². The summed E-state index contributed by atoms with van der Waals surface area (Å²) in [7, 11) is 0. The Morgan fingerprint density at radius 3 is 2.32 bits per heavy atom. The number of fused-ring (bicyclic) bond motifs is 3. The Balaban J connectivity index is 1.83. The van der Waals surface area contributed by atoms with Gasteiger partial charge in [0.05, 0.1) is 16.6 Å². The van der Waals surface area contributed by atoms with E-state index < -0.39 is 6.04 Å². The second-order valence-corrected chi connectivity index (χ2v) is 7.45. The first kappa shape index (κ1) is 18.7. The second-order valence-electron chi connectivity index (χ2n) is 7.45. The van der Waals surface area contributed by atoms with Crippen molar-refractivity contribution in [3.05, 3.63) is 89.1 Å². The molecular weight excluding hydrogens is 394 g/mol. The number of nitrogens with one attached hydrogen (secondary N) is 1. The molecule has 0 aliphatic carbocycles. The topological polar surface area (TPSA) is 108 Å². The summed E-state index contributed by atoms with van der Waals surface area (Å²) in [6.07, 6.45) is 0. The number of hydrogen-bond acceptors (Lipinski definition) is 6. The van der Waals surface area contributed by atoms with Crippen LogP contribution in [-0.2, 0) is 0 Å². The van der Waals surface area contributed by atoms with Crippen molar-refractivity contribution >= 4 is 22.8 Å². The Labute approximate surface area is 177 Å². The average Bonchev–Trinajstić information content (AvgIpc) is 3.11. The molecule has 1 atom stereocenters. The van der Waals surface area contributed by atoms with Gasteiger partial charge in [-0.1, -0.05) is 42.5 Å². The third-order valence-corrected chi connectivity index (χ3v) is 5.51. The van der Waals surface area contributed by atoms with E-state index in [4.69, 9.17) is 0 Å². The smallest absolute Gasteiger partial charge is 0.209 e. The van der Waals surface area contributed by atoms with Gasteiger partial charge in [0.15, 0.2) is 5.78 Å². The number of phenolic OH excluding ortho intramolecular Hbond substituents is 3. The van der Waals surface area contributed by atoms with Gasteiger partial charge < -0.3 is 20.6 Å². The minimum absolute atomic E-state index is 0.113. The van der Waals surface area contributed by atoms with Gasteiger partial charge in [0.25, 0.3) is 0 Å². The first-order chi connectivity index (χ1) is 15.0. The van der Waals surface area contributed by atoms with E-state index in [1.54, 1.807) is 35.8 Å². The Morgan fingerprint density at radius 1 is 0.968 bits per heavy atom. The number of ketones is 1. The molecule has 1 aliphatic heterocycles. The van der Waals surface area contributed by atoms with Crippen LogP contribution in [0.3, 0.4) is 0 Å². The van der Waals surface area contributed by atoms with Crippen molar-refractivity contribution in [3.63, 3.8) is 0 Å². The van der Waals surface area contributed by atoms with Crippen LogP contribution in [0.1, 0.15) is 28.9 Å². The number of nitrogens with zero attached hydrogens (tertiary/aromatic N) is 2. The summed E-state index contributed by atoms with van der Waals surface area (Å²) >= 11 is 0. The molecule has 0 spiro atoms. The summed E-state index contributed by atoms with van der Waals surface area (Å²) in [6, 6.07) is 17.7. The van der Waals surface area contributed by atoms with Crippen molar-refractivity contribution in [1.82, 2.24) is 9.55 Å². The van der Waals surface area contributed by atoms with Gasteiger partial charge in [-0.05, 0) is 19.1 Å². The lowest BCUT2D eigenvalue weighted by atomic mass is 9.88. The predicted octanol–water partition coefficient (Wildman–Crippen LogP) is 4.32. The molecule has 0 saturated carbocycles. The lowest BCUT2D eigenvalue weighted by Gasteiger charge is -2.31. The summed E-state index contributed by atoms with van der Waals surface area (Å²) in [5, 5.41) is 34.4. The number of aromatic nitrogens is 2.